The fourth-order valence-corrected chi connectivity index (χ4v) is 1.71. The Balaban J connectivity index is 2.54. The van der Waals surface area contributed by atoms with E-state index < -0.39 is 0 Å². The third-order valence-electron chi connectivity index (χ3n) is 2.77. The lowest BCUT2D eigenvalue weighted by Gasteiger charge is -2.13. The van der Waals surface area contributed by atoms with Crippen LogP contribution in [0.4, 0.5) is 5.69 Å². The molecule has 0 fully saturated rings. The van der Waals surface area contributed by atoms with Crippen molar-refractivity contribution in [1.82, 2.24) is 5.32 Å². The Labute approximate surface area is 111 Å². The molecule has 1 amide bonds. The van der Waals surface area contributed by atoms with Gasteiger partial charge in [0, 0.05) is 16.2 Å². The molecule has 0 heterocycles. The van der Waals surface area contributed by atoms with Crippen LogP contribution in [0.1, 0.15) is 25.8 Å². The van der Waals surface area contributed by atoms with Gasteiger partial charge in [-0.25, -0.2) is 0 Å². The molecule has 4 heteroatoms. The highest BCUT2D eigenvalue weighted by molar-refractivity contribution is 9.10. The average molecular weight is 299 g/mol. The molecule has 0 aliphatic heterocycles. The minimum Gasteiger partial charge on any atom is -0.325 e. The summed E-state index contributed by atoms with van der Waals surface area (Å²) in [5, 5.41) is 6.06. The van der Waals surface area contributed by atoms with E-state index in [4.69, 9.17) is 0 Å². The van der Waals surface area contributed by atoms with Crippen LogP contribution in [0, 0.1) is 6.92 Å². The number of rotatable bonds is 5. The Morgan fingerprint density at radius 3 is 2.82 bits per heavy atom. The van der Waals surface area contributed by atoms with E-state index in [0.717, 1.165) is 22.1 Å². The Kier molecular flexibility index (Phi) is 5.65. The molecule has 1 aromatic carbocycles. The van der Waals surface area contributed by atoms with Crippen molar-refractivity contribution in [2.45, 2.75) is 33.2 Å². The lowest BCUT2D eigenvalue weighted by atomic mass is 10.2. The number of carbonyl (C=O) groups excluding carboxylic acids is 1. The molecule has 94 valence electrons. The molecule has 0 aromatic heterocycles. The number of nitrogens with one attached hydrogen (secondary N) is 2. The molecule has 3 nitrogen and oxygen atoms in total. The minimum absolute atomic E-state index is 0.00787. The Bertz CT molecular complexity index is 393. The number of benzene rings is 1. The van der Waals surface area contributed by atoms with Gasteiger partial charge >= 0.3 is 0 Å². The fourth-order valence-electron chi connectivity index (χ4n) is 1.35. The molecule has 0 radical (unpaired) electrons. The maximum atomic E-state index is 11.7. The first-order chi connectivity index (χ1) is 8.04. The highest BCUT2D eigenvalue weighted by Crippen LogP contribution is 2.23. The van der Waals surface area contributed by atoms with Crippen molar-refractivity contribution in [1.29, 1.82) is 0 Å². The quantitative estimate of drug-likeness (QED) is 0.877. The normalized spacial score (nSPS) is 12.2. The van der Waals surface area contributed by atoms with Crippen LogP contribution in [-0.4, -0.2) is 18.5 Å². The SMILES string of the molecule is CCC(C)NCC(=O)Nc1cccc(Br)c1C. The highest BCUT2D eigenvalue weighted by atomic mass is 79.9. The van der Waals surface area contributed by atoms with Crippen molar-refractivity contribution >= 4 is 27.5 Å². The van der Waals surface area contributed by atoms with Gasteiger partial charge in [0.05, 0.1) is 6.54 Å². The van der Waals surface area contributed by atoms with Crippen molar-refractivity contribution in [2.24, 2.45) is 0 Å². The second-order valence-corrected chi connectivity index (χ2v) is 5.01. The Morgan fingerprint density at radius 1 is 1.47 bits per heavy atom. The molecule has 0 saturated heterocycles. The van der Waals surface area contributed by atoms with Gasteiger partial charge in [0.25, 0.3) is 0 Å². The van der Waals surface area contributed by atoms with Gasteiger partial charge in [-0.3, -0.25) is 4.79 Å². The lowest BCUT2D eigenvalue weighted by molar-refractivity contribution is -0.115. The molecule has 0 spiro atoms. The van der Waals surface area contributed by atoms with Gasteiger partial charge in [0.15, 0.2) is 0 Å². The molecule has 0 aliphatic rings. The van der Waals surface area contributed by atoms with Gasteiger partial charge < -0.3 is 10.6 Å². The van der Waals surface area contributed by atoms with Crippen molar-refractivity contribution in [3.63, 3.8) is 0 Å². The summed E-state index contributed by atoms with van der Waals surface area (Å²) in [7, 11) is 0. The maximum absolute atomic E-state index is 11.7. The van der Waals surface area contributed by atoms with Crippen LogP contribution in [0.25, 0.3) is 0 Å². The second-order valence-electron chi connectivity index (χ2n) is 4.15. The highest BCUT2D eigenvalue weighted by Gasteiger charge is 2.07. The fraction of sp³-hybridized carbons (Fsp3) is 0.462. The molecule has 0 saturated carbocycles. The van der Waals surface area contributed by atoms with E-state index in [9.17, 15) is 4.79 Å². The predicted octanol–water partition coefficient (Wildman–Crippen LogP) is 3.08. The largest absolute Gasteiger partial charge is 0.325 e. The van der Waals surface area contributed by atoms with Gasteiger partial charge in [-0.1, -0.05) is 28.9 Å². The van der Waals surface area contributed by atoms with Gasteiger partial charge in [0.2, 0.25) is 5.91 Å². The van der Waals surface area contributed by atoms with Crippen LogP contribution < -0.4 is 10.6 Å². The van der Waals surface area contributed by atoms with Crippen LogP contribution in [0.2, 0.25) is 0 Å². The summed E-state index contributed by atoms with van der Waals surface area (Å²) in [5.74, 6) is -0.00787. The summed E-state index contributed by atoms with van der Waals surface area (Å²) in [6.45, 7) is 6.48. The average Bonchev–Trinajstić information content (AvgIpc) is 2.32. The zero-order valence-electron chi connectivity index (χ0n) is 10.5. The molecule has 1 aromatic rings. The van der Waals surface area contributed by atoms with Crippen LogP contribution in [0.15, 0.2) is 22.7 Å². The molecule has 0 bridgehead atoms. The lowest BCUT2D eigenvalue weighted by Crippen LogP contribution is -2.34. The first kappa shape index (κ1) is 14.2. The van der Waals surface area contributed by atoms with Gasteiger partial charge in [-0.05, 0) is 38.0 Å². The topological polar surface area (TPSA) is 41.1 Å². The van der Waals surface area contributed by atoms with Gasteiger partial charge in [0.1, 0.15) is 0 Å². The van der Waals surface area contributed by atoms with E-state index in [2.05, 4.69) is 40.4 Å². The van der Waals surface area contributed by atoms with Gasteiger partial charge in [-0.15, -0.1) is 0 Å². The minimum atomic E-state index is -0.00787. The molecule has 17 heavy (non-hydrogen) atoms. The zero-order chi connectivity index (χ0) is 12.8. The van der Waals surface area contributed by atoms with Crippen LogP contribution in [0.5, 0.6) is 0 Å². The number of amides is 1. The number of anilines is 1. The number of halogens is 1. The molecule has 1 rings (SSSR count). The van der Waals surface area contributed by atoms with Crippen LogP contribution in [0.3, 0.4) is 0 Å². The molecular formula is C13H19BrN2O. The second kappa shape index (κ2) is 6.77. The van der Waals surface area contributed by atoms with Gasteiger partial charge in [-0.2, -0.15) is 0 Å². The van der Waals surface area contributed by atoms with Crippen molar-refractivity contribution < 1.29 is 4.79 Å². The summed E-state index contributed by atoms with van der Waals surface area (Å²) in [6, 6.07) is 6.14. The summed E-state index contributed by atoms with van der Waals surface area (Å²) >= 11 is 3.44. The summed E-state index contributed by atoms with van der Waals surface area (Å²) in [4.78, 5) is 11.7. The standard InChI is InChI=1S/C13H19BrN2O/c1-4-9(2)15-8-13(17)16-12-7-5-6-11(14)10(12)3/h5-7,9,15H,4,8H2,1-3H3,(H,16,17). The van der Waals surface area contributed by atoms with E-state index in [1.807, 2.05) is 25.1 Å². The predicted molar refractivity (Wildman–Crippen MR) is 75.3 cm³/mol. The Hall–Kier alpha value is -0.870. The first-order valence-corrected chi connectivity index (χ1v) is 6.62. The molecule has 2 N–H and O–H groups in total. The van der Waals surface area contributed by atoms with Crippen LogP contribution >= 0.6 is 15.9 Å². The smallest absolute Gasteiger partial charge is 0.238 e. The monoisotopic (exact) mass is 298 g/mol. The first-order valence-electron chi connectivity index (χ1n) is 5.83. The van der Waals surface area contributed by atoms with Crippen molar-refractivity contribution in [3.05, 3.63) is 28.2 Å². The van der Waals surface area contributed by atoms with Crippen molar-refractivity contribution in [2.75, 3.05) is 11.9 Å². The molecule has 1 unspecified atom stereocenters. The zero-order valence-corrected chi connectivity index (χ0v) is 12.1. The van der Waals surface area contributed by atoms with E-state index in [0.29, 0.717) is 12.6 Å². The number of carbonyl (C=O) groups is 1. The third kappa shape index (κ3) is 4.48. The molecular weight excluding hydrogens is 280 g/mol. The number of hydrogen-bond acceptors (Lipinski definition) is 2. The van der Waals surface area contributed by atoms with E-state index in [1.54, 1.807) is 0 Å². The van der Waals surface area contributed by atoms with E-state index in [1.165, 1.54) is 0 Å². The third-order valence-corrected chi connectivity index (χ3v) is 3.62. The Morgan fingerprint density at radius 2 is 2.18 bits per heavy atom. The summed E-state index contributed by atoms with van der Waals surface area (Å²) in [5.41, 5.74) is 1.90. The molecule has 1 atom stereocenters. The van der Waals surface area contributed by atoms with Crippen LogP contribution in [-0.2, 0) is 4.79 Å². The molecule has 0 aliphatic carbocycles. The van der Waals surface area contributed by atoms with E-state index in [-0.39, 0.29) is 5.91 Å². The summed E-state index contributed by atoms with van der Waals surface area (Å²) in [6.07, 6.45) is 1.02. The maximum Gasteiger partial charge on any atom is 0.238 e. The van der Waals surface area contributed by atoms with E-state index >= 15 is 0 Å². The number of hydrogen-bond donors (Lipinski definition) is 2. The summed E-state index contributed by atoms with van der Waals surface area (Å²) < 4.78 is 1.00. The van der Waals surface area contributed by atoms with Crippen molar-refractivity contribution in [3.8, 4) is 0 Å².